The Bertz CT molecular complexity index is 692. The van der Waals surface area contributed by atoms with Gasteiger partial charge in [-0.1, -0.05) is 5.73 Å². The molecule has 0 amide bonds. The Kier molecular flexibility index (Phi) is 4.48. The number of aryl methyl sites for hydroxylation is 1. The molecule has 1 saturated heterocycles. The molecule has 0 saturated carbocycles. The van der Waals surface area contributed by atoms with Crippen LogP contribution in [0.25, 0.3) is 6.08 Å². The highest BCUT2D eigenvalue weighted by atomic mass is 16.1. The fourth-order valence-corrected chi connectivity index (χ4v) is 2.69. The molecule has 1 aromatic rings. The summed E-state index contributed by atoms with van der Waals surface area (Å²) < 4.78 is 1.31. The van der Waals surface area contributed by atoms with Crippen molar-refractivity contribution in [3.8, 4) is 6.07 Å². The highest BCUT2D eigenvalue weighted by Gasteiger charge is 2.28. The summed E-state index contributed by atoms with van der Waals surface area (Å²) in [6.45, 7) is 10.5. The van der Waals surface area contributed by atoms with E-state index in [1.165, 1.54) is 4.68 Å². The van der Waals surface area contributed by atoms with Crippen molar-refractivity contribution in [3.05, 3.63) is 33.2 Å². The van der Waals surface area contributed by atoms with Crippen molar-refractivity contribution in [2.24, 2.45) is 7.05 Å². The molecule has 1 fully saturated rings. The van der Waals surface area contributed by atoms with Crippen LogP contribution in [0.2, 0.25) is 0 Å². The molecule has 1 N–H and O–H groups in total. The third-order valence-electron chi connectivity index (χ3n) is 3.91. The Morgan fingerprint density at radius 3 is 2.18 bits per heavy atom. The molecule has 0 bridgehead atoms. The van der Waals surface area contributed by atoms with Crippen LogP contribution >= 0.6 is 0 Å². The Balaban J connectivity index is 2.53. The molecule has 0 aromatic carbocycles. The van der Waals surface area contributed by atoms with Crippen LogP contribution in [0.1, 0.15) is 39.0 Å². The minimum atomic E-state index is -0.213. The molecule has 1 aliphatic rings. The van der Waals surface area contributed by atoms with E-state index in [2.05, 4.69) is 48.3 Å². The van der Waals surface area contributed by atoms with E-state index in [0.717, 1.165) is 18.9 Å². The minimum Gasteiger partial charge on any atom is -0.347 e. The first kappa shape index (κ1) is 16.0. The summed E-state index contributed by atoms with van der Waals surface area (Å²) in [7, 11) is 1.60. The van der Waals surface area contributed by atoms with Crippen molar-refractivity contribution in [3.63, 3.8) is 0 Å². The largest absolute Gasteiger partial charge is 0.347 e. The zero-order valence-electron chi connectivity index (χ0n) is 13.8. The van der Waals surface area contributed by atoms with Crippen LogP contribution in [0.5, 0.6) is 0 Å². The number of H-pyrrole nitrogens is 1. The standard InChI is InChI=1S/C16H23N5O/c1-11(2)20-8-9-21(12(3)4)15(20)7-6-13-14(10-17)18-19(5)16(13)22/h6,11-12,18H,8-9H2,1-5H3. The van der Waals surface area contributed by atoms with E-state index in [1.54, 1.807) is 13.1 Å². The minimum absolute atomic E-state index is 0.213. The molecule has 6 nitrogen and oxygen atoms in total. The van der Waals surface area contributed by atoms with E-state index in [1.807, 2.05) is 6.07 Å². The molecule has 0 atom stereocenters. The maximum Gasteiger partial charge on any atom is 0.275 e. The lowest BCUT2D eigenvalue weighted by atomic mass is 10.2. The highest BCUT2D eigenvalue weighted by molar-refractivity contribution is 5.54. The van der Waals surface area contributed by atoms with Crippen molar-refractivity contribution in [1.29, 1.82) is 5.26 Å². The van der Waals surface area contributed by atoms with Gasteiger partial charge in [0.15, 0.2) is 0 Å². The Hall–Kier alpha value is -2.38. The predicted molar refractivity (Wildman–Crippen MR) is 85.9 cm³/mol. The quantitative estimate of drug-likeness (QED) is 0.859. The summed E-state index contributed by atoms with van der Waals surface area (Å²) in [5.74, 6) is 0.983. The number of hydrogen-bond acceptors (Lipinski definition) is 4. The van der Waals surface area contributed by atoms with Crippen LogP contribution in [0.4, 0.5) is 0 Å². The molecule has 2 rings (SSSR count). The van der Waals surface area contributed by atoms with Gasteiger partial charge in [-0.25, -0.2) is 0 Å². The maximum atomic E-state index is 12.1. The normalized spacial score (nSPS) is 14.7. The average molecular weight is 301 g/mol. The summed E-state index contributed by atoms with van der Waals surface area (Å²) in [5.41, 5.74) is 3.66. The number of nitrogens with zero attached hydrogens (tertiary/aromatic N) is 4. The maximum absolute atomic E-state index is 12.1. The van der Waals surface area contributed by atoms with E-state index in [4.69, 9.17) is 5.26 Å². The van der Waals surface area contributed by atoms with Gasteiger partial charge >= 0.3 is 0 Å². The summed E-state index contributed by atoms with van der Waals surface area (Å²) in [6.07, 6.45) is 1.63. The third kappa shape index (κ3) is 2.81. The summed E-state index contributed by atoms with van der Waals surface area (Å²) in [6, 6.07) is 2.75. The summed E-state index contributed by atoms with van der Waals surface area (Å²) in [4.78, 5) is 16.6. The monoisotopic (exact) mass is 301 g/mol. The Labute approximate surface area is 130 Å². The molecule has 1 aliphatic heterocycles. The molecule has 22 heavy (non-hydrogen) atoms. The van der Waals surface area contributed by atoms with Gasteiger partial charge in [-0.15, -0.1) is 0 Å². The molecule has 1 aromatic heterocycles. The number of aromatic amines is 1. The van der Waals surface area contributed by atoms with Crippen molar-refractivity contribution >= 4 is 6.08 Å². The van der Waals surface area contributed by atoms with Crippen molar-refractivity contribution < 1.29 is 0 Å². The van der Waals surface area contributed by atoms with Gasteiger partial charge in [-0.2, -0.15) is 5.26 Å². The number of nitrogens with one attached hydrogen (secondary N) is 1. The number of nitriles is 1. The van der Waals surface area contributed by atoms with E-state index in [9.17, 15) is 4.79 Å². The molecule has 0 aliphatic carbocycles. The molecule has 118 valence electrons. The van der Waals surface area contributed by atoms with Crippen LogP contribution in [-0.2, 0) is 7.05 Å². The zero-order chi connectivity index (χ0) is 16.4. The highest BCUT2D eigenvalue weighted by Crippen LogP contribution is 2.22. The van der Waals surface area contributed by atoms with Gasteiger partial charge in [0.05, 0.1) is 5.56 Å². The van der Waals surface area contributed by atoms with E-state index in [-0.39, 0.29) is 11.3 Å². The molecular formula is C16H23N5O. The Morgan fingerprint density at radius 1 is 1.18 bits per heavy atom. The SMILES string of the molecule is CC(C)N1CCN(C(C)C)C1=C=Cc1c(C#N)[nH]n(C)c1=O. The van der Waals surface area contributed by atoms with Crippen LogP contribution in [-0.4, -0.2) is 44.8 Å². The number of aromatic nitrogens is 2. The van der Waals surface area contributed by atoms with Crippen LogP contribution in [0.3, 0.4) is 0 Å². The Morgan fingerprint density at radius 2 is 1.73 bits per heavy atom. The molecule has 6 heteroatoms. The van der Waals surface area contributed by atoms with Crippen molar-refractivity contribution in [2.75, 3.05) is 13.1 Å². The topological polar surface area (TPSA) is 68.1 Å². The van der Waals surface area contributed by atoms with Crippen LogP contribution in [0, 0.1) is 11.3 Å². The van der Waals surface area contributed by atoms with E-state index < -0.39 is 0 Å². The molecule has 0 spiro atoms. The first-order valence-corrected chi connectivity index (χ1v) is 7.55. The second kappa shape index (κ2) is 6.17. The van der Waals surface area contributed by atoms with Gasteiger partial charge in [0.1, 0.15) is 17.6 Å². The second-order valence-corrected chi connectivity index (χ2v) is 6.06. The van der Waals surface area contributed by atoms with Gasteiger partial charge in [-0.3, -0.25) is 14.6 Å². The summed E-state index contributed by atoms with van der Waals surface area (Å²) >= 11 is 0. The van der Waals surface area contributed by atoms with Gasteiger partial charge < -0.3 is 9.80 Å². The molecule has 2 heterocycles. The van der Waals surface area contributed by atoms with Gasteiger partial charge in [0, 0.05) is 32.2 Å². The molecule has 0 unspecified atom stereocenters. The lowest BCUT2D eigenvalue weighted by Crippen LogP contribution is -2.31. The van der Waals surface area contributed by atoms with Gasteiger partial charge in [0.25, 0.3) is 5.56 Å². The van der Waals surface area contributed by atoms with E-state index in [0.29, 0.717) is 17.6 Å². The average Bonchev–Trinajstić information content (AvgIpc) is 2.99. The lowest BCUT2D eigenvalue weighted by molar-refractivity contribution is 0.268. The van der Waals surface area contributed by atoms with Crippen molar-refractivity contribution in [1.82, 2.24) is 19.6 Å². The molecule has 0 radical (unpaired) electrons. The van der Waals surface area contributed by atoms with E-state index >= 15 is 0 Å². The van der Waals surface area contributed by atoms with Crippen LogP contribution in [0.15, 0.2) is 16.3 Å². The number of rotatable bonds is 3. The first-order valence-electron chi connectivity index (χ1n) is 7.55. The molecular weight excluding hydrogens is 278 g/mol. The second-order valence-electron chi connectivity index (χ2n) is 6.06. The lowest BCUT2D eigenvalue weighted by Gasteiger charge is -2.28. The zero-order valence-corrected chi connectivity index (χ0v) is 13.8. The summed E-state index contributed by atoms with van der Waals surface area (Å²) in [5, 5.41) is 11.9. The predicted octanol–water partition coefficient (Wildman–Crippen LogP) is 1.47. The first-order chi connectivity index (χ1) is 10.4. The number of hydrogen-bond donors (Lipinski definition) is 1. The third-order valence-corrected chi connectivity index (χ3v) is 3.91. The fraction of sp³-hybridized carbons (Fsp3) is 0.562. The van der Waals surface area contributed by atoms with Crippen molar-refractivity contribution in [2.45, 2.75) is 39.8 Å². The van der Waals surface area contributed by atoms with Gasteiger partial charge in [0.2, 0.25) is 0 Å². The fourth-order valence-electron chi connectivity index (χ4n) is 2.69. The van der Waals surface area contributed by atoms with Gasteiger partial charge in [-0.05, 0) is 33.8 Å². The smallest absolute Gasteiger partial charge is 0.275 e. The van der Waals surface area contributed by atoms with Crippen LogP contribution < -0.4 is 5.56 Å².